The van der Waals surface area contributed by atoms with E-state index in [4.69, 9.17) is 0 Å². The highest BCUT2D eigenvalue weighted by Gasteiger charge is 2.34. The summed E-state index contributed by atoms with van der Waals surface area (Å²) in [6, 6.07) is 6.41. The Labute approximate surface area is 157 Å². The molecule has 1 aliphatic heterocycles. The molecule has 2 N–H and O–H groups in total. The van der Waals surface area contributed by atoms with Gasteiger partial charge in [-0.2, -0.15) is 5.10 Å². The normalized spacial score (nSPS) is 16.7. The van der Waals surface area contributed by atoms with Crippen molar-refractivity contribution in [2.24, 2.45) is 0 Å². The zero-order valence-electron chi connectivity index (χ0n) is 15.4. The summed E-state index contributed by atoms with van der Waals surface area (Å²) in [6.07, 6.45) is 3.68. The van der Waals surface area contributed by atoms with Crippen molar-refractivity contribution in [3.63, 3.8) is 0 Å². The van der Waals surface area contributed by atoms with E-state index in [-0.39, 0.29) is 24.1 Å². The zero-order valence-corrected chi connectivity index (χ0v) is 15.4. The molecule has 8 nitrogen and oxygen atoms in total. The number of amides is 3. The SMILES string of the molecule is CCn1cc(-c2ccc(C(=O)N3CCNC(=O)[C@@H]3CC(=O)NC)cc2)cn1. The molecule has 8 heteroatoms. The number of benzene rings is 1. The molecule has 1 saturated heterocycles. The first-order chi connectivity index (χ1) is 13.0. The van der Waals surface area contributed by atoms with Crippen LogP contribution in [0.15, 0.2) is 36.7 Å². The van der Waals surface area contributed by atoms with Gasteiger partial charge in [-0.15, -0.1) is 0 Å². The van der Waals surface area contributed by atoms with Crippen LogP contribution >= 0.6 is 0 Å². The Morgan fingerprint density at radius 1 is 1.26 bits per heavy atom. The quantitative estimate of drug-likeness (QED) is 0.809. The van der Waals surface area contributed by atoms with Gasteiger partial charge < -0.3 is 15.5 Å². The zero-order chi connectivity index (χ0) is 19.4. The minimum absolute atomic E-state index is 0.0532. The number of carbonyl (C=O) groups is 3. The lowest BCUT2D eigenvalue weighted by molar-refractivity contribution is -0.132. The highest BCUT2D eigenvalue weighted by molar-refractivity contribution is 5.99. The number of hydrogen-bond donors (Lipinski definition) is 2. The van der Waals surface area contributed by atoms with Crippen LogP contribution in [0.5, 0.6) is 0 Å². The van der Waals surface area contributed by atoms with Gasteiger partial charge in [-0.05, 0) is 24.6 Å². The van der Waals surface area contributed by atoms with Crippen LogP contribution in [-0.2, 0) is 16.1 Å². The van der Waals surface area contributed by atoms with Crippen molar-refractivity contribution in [3.05, 3.63) is 42.2 Å². The summed E-state index contributed by atoms with van der Waals surface area (Å²) in [4.78, 5) is 38.3. The predicted molar refractivity (Wildman–Crippen MR) is 99.9 cm³/mol. The number of hydrogen-bond acceptors (Lipinski definition) is 4. The molecule has 1 fully saturated rings. The molecule has 1 aromatic heterocycles. The monoisotopic (exact) mass is 369 g/mol. The number of rotatable bonds is 5. The van der Waals surface area contributed by atoms with E-state index in [1.54, 1.807) is 18.3 Å². The third-order valence-corrected chi connectivity index (χ3v) is 4.67. The lowest BCUT2D eigenvalue weighted by Gasteiger charge is -2.34. The molecule has 0 radical (unpaired) electrons. The summed E-state index contributed by atoms with van der Waals surface area (Å²) in [7, 11) is 1.51. The smallest absolute Gasteiger partial charge is 0.254 e. The van der Waals surface area contributed by atoms with Crippen LogP contribution in [0.2, 0.25) is 0 Å². The third kappa shape index (κ3) is 3.99. The molecule has 2 heterocycles. The lowest BCUT2D eigenvalue weighted by atomic mass is 10.0. The number of nitrogens with zero attached hydrogens (tertiary/aromatic N) is 3. The Bertz CT molecular complexity index is 843. The highest BCUT2D eigenvalue weighted by atomic mass is 16.2. The average molecular weight is 369 g/mol. The number of aryl methyl sites for hydroxylation is 1. The Balaban J connectivity index is 1.79. The summed E-state index contributed by atoms with van der Waals surface area (Å²) in [5.41, 5.74) is 2.42. The number of aromatic nitrogens is 2. The second-order valence-electron chi connectivity index (χ2n) is 6.34. The maximum Gasteiger partial charge on any atom is 0.254 e. The summed E-state index contributed by atoms with van der Waals surface area (Å²) < 4.78 is 1.84. The van der Waals surface area contributed by atoms with Crippen LogP contribution in [-0.4, -0.2) is 58.6 Å². The summed E-state index contributed by atoms with van der Waals surface area (Å²) in [5.74, 6) is -0.838. The molecular weight excluding hydrogens is 346 g/mol. The van der Waals surface area contributed by atoms with Crippen LogP contribution in [0, 0.1) is 0 Å². The van der Waals surface area contributed by atoms with Crippen molar-refractivity contribution in [3.8, 4) is 11.1 Å². The van der Waals surface area contributed by atoms with Gasteiger partial charge in [-0.25, -0.2) is 0 Å². The summed E-state index contributed by atoms with van der Waals surface area (Å²) in [5, 5.41) is 9.47. The second-order valence-corrected chi connectivity index (χ2v) is 6.34. The van der Waals surface area contributed by atoms with E-state index in [0.29, 0.717) is 18.7 Å². The van der Waals surface area contributed by atoms with Crippen molar-refractivity contribution >= 4 is 17.7 Å². The molecule has 1 aromatic carbocycles. The number of nitrogens with one attached hydrogen (secondary N) is 2. The number of piperazine rings is 1. The van der Waals surface area contributed by atoms with Gasteiger partial charge in [0.15, 0.2) is 0 Å². The number of carbonyl (C=O) groups excluding carboxylic acids is 3. The van der Waals surface area contributed by atoms with E-state index in [0.717, 1.165) is 17.7 Å². The van der Waals surface area contributed by atoms with Crippen molar-refractivity contribution in [2.45, 2.75) is 25.9 Å². The minimum atomic E-state index is -0.798. The second kappa shape index (κ2) is 8.03. The molecule has 142 valence electrons. The largest absolute Gasteiger partial charge is 0.359 e. The van der Waals surface area contributed by atoms with Crippen molar-refractivity contribution in [2.75, 3.05) is 20.1 Å². The van der Waals surface area contributed by atoms with Gasteiger partial charge in [0, 0.05) is 44.0 Å². The fourth-order valence-electron chi connectivity index (χ4n) is 3.10. The Kier molecular flexibility index (Phi) is 5.54. The first-order valence-electron chi connectivity index (χ1n) is 8.95. The average Bonchev–Trinajstić information content (AvgIpc) is 3.18. The van der Waals surface area contributed by atoms with Crippen LogP contribution in [0.3, 0.4) is 0 Å². The molecule has 1 atom stereocenters. The Hall–Kier alpha value is -3.16. The standard InChI is InChI=1S/C19H23N5O3/c1-3-23-12-15(11-22-23)13-4-6-14(7-5-13)19(27)24-9-8-21-18(26)16(24)10-17(25)20-2/h4-7,11-12,16H,3,8-10H2,1-2H3,(H,20,25)(H,21,26)/t16-/m0/s1. The first kappa shape index (κ1) is 18.6. The molecule has 0 bridgehead atoms. The van der Waals surface area contributed by atoms with Crippen molar-refractivity contribution in [1.29, 1.82) is 0 Å². The maximum atomic E-state index is 12.9. The fraction of sp³-hybridized carbons (Fsp3) is 0.368. The molecule has 27 heavy (non-hydrogen) atoms. The molecule has 0 unspecified atom stereocenters. The molecule has 0 spiro atoms. The van der Waals surface area contributed by atoms with E-state index >= 15 is 0 Å². The van der Waals surface area contributed by atoms with Crippen molar-refractivity contribution < 1.29 is 14.4 Å². The van der Waals surface area contributed by atoms with E-state index in [1.807, 2.05) is 29.9 Å². The molecule has 0 saturated carbocycles. The Morgan fingerprint density at radius 3 is 2.63 bits per heavy atom. The topological polar surface area (TPSA) is 96.3 Å². The first-order valence-corrected chi connectivity index (χ1v) is 8.95. The summed E-state index contributed by atoms with van der Waals surface area (Å²) in [6.45, 7) is 3.56. The van der Waals surface area contributed by atoms with Crippen LogP contribution in [0.1, 0.15) is 23.7 Å². The Morgan fingerprint density at radius 2 is 2.00 bits per heavy atom. The predicted octanol–water partition coefficient (Wildman–Crippen LogP) is 0.647. The van der Waals surface area contributed by atoms with Gasteiger partial charge in [0.05, 0.1) is 12.6 Å². The molecule has 3 rings (SSSR count). The van der Waals surface area contributed by atoms with Crippen LogP contribution in [0.25, 0.3) is 11.1 Å². The third-order valence-electron chi connectivity index (χ3n) is 4.67. The highest BCUT2D eigenvalue weighted by Crippen LogP contribution is 2.21. The van der Waals surface area contributed by atoms with E-state index < -0.39 is 6.04 Å². The molecular formula is C19H23N5O3. The molecule has 2 aromatic rings. The minimum Gasteiger partial charge on any atom is -0.359 e. The van der Waals surface area contributed by atoms with Gasteiger partial charge in [-0.1, -0.05) is 12.1 Å². The van der Waals surface area contributed by atoms with E-state index in [2.05, 4.69) is 15.7 Å². The van der Waals surface area contributed by atoms with Gasteiger partial charge in [0.25, 0.3) is 5.91 Å². The van der Waals surface area contributed by atoms with Gasteiger partial charge >= 0.3 is 0 Å². The fourth-order valence-corrected chi connectivity index (χ4v) is 3.10. The van der Waals surface area contributed by atoms with Gasteiger partial charge in [0.1, 0.15) is 6.04 Å². The van der Waals surface area contributed by atoms with Crippen molar-refractivity contribution in [1.82, 2.24) is 25.3 Å². The van der Waals surface area contributed by atoms with Crippen LogP contribution in [0.4, 0.5) is 0 Å². The molecule has 3 amide bonds. The molecule has 0 aliphatic carbocycles. The van der Waals surface area contributed by atoms with Gasteiger partial charge in [-0.3, -0.25) is 19.1 Å². The van der Waals surface area contributed by atoms with E-state index in [9.17, 15) is 14.4 Å². The lowest BCUT2D eigenvalue weighted by Crippen LogP contribution is -2.58. The van der Waals surface area contributed by atoms with Gasteiger partial charge in [0.2, 0.25) is 11.8 Å². The molecule has 1 aliphatic rings. The maximum absolute atomic E-state index is 12.9. The summed E-state index contributed by atoms with van der Waals surface area (Å²) >= 11 is 0. The van der Waals surface area contributed by atoms with E-state index in [1.165, 1.54) is 11.9 Å². The van der Waals surface area contributed by atoms with Crippen LogP contribution < -0.4 is 10.6 Å².